The summed E-state index contributed by atoms with van der Waals surface area (Å²) in [6.07, 6.45) is -0.543. The van der Waals surface area contributed by atoms with Crippen molar-refractivity contribution in [2.45, 2.75) is 20.0 Å². The van der Waals surface area contributed by atoms with E-state index in [1.54, 1.807) is 13.1 Å². The number of rotatable bonds is 5. The molecule has 1 aromatic carbocycles. The number of nitrogens with one attached hydrogen (secondary N) is 1. The number of likely N-dealkylation sites (N-methyl/N-ethyl adjacent to an activating group) is 1. The number of aliphatic hydroxyl groups is 1. The van der Waals surface area contributed by atoms with E-state index in [9.17, 15) is 5.11 Å². The maximum Gasteiger partial charge on any atom is 0.138 e. The van der Waals surface area contributed by atoms with E-state index in [1.165, 1.54) is 0 Å². The van der Waals surface area contributed by atoms with E-state index in [0.717, 1.165) is 11.1 Å². The smallest absolute Gasteiger partial charge is 0.138 e. The highest BCUT2D eigenvalue weighted by Gasteiger charge is 2.13. The van der Waals surface area contributed by atoms with E-state index in [4.69, 9.17) is 16.3 Å². The van der Waals surface area contributed by atoms with Gasteiger partial charge in [0.15, 0.2) is 0 Å². The summed E-state index contributed by atoms with van der Waals surface area (Å²) in [4.78, 5) is 0. The zero-order chi connectivity index (χ0) is 12.1. The first kappa shape index (κ1) is 13.3. The zero-order valence-electron chi connectivity index (χ0n) is 9.88. The predicted octanol–water partition coefficient (Wildman–Crippen LogP) is 2.30. The Hall–Kier alpha value is -0.770. The lowest BCUT2D eigenvalue weighted by Gasteiger charge is -2.15. The zero-order valence-corrected chi connectivity index (χ0v) is 10.6. The van der Waals surface area contributed by atoms with E-state index in [0.29, 0.717) is 23.9 Å². The van der Waals surface area contributed by atoms with Crippen LogP contribution in [0.5, 0.6) is 5.75 Å². The number of benzene rings is 1. The van der Waals surface area contributed by atoms with E-state index in [1.807, 2.05) is 19.9 Å². The van der Waals surface area contributed by atoms with Crippen LogP contribution in [0.1, 0.15) is 24.2 Å². The first-order valence-corrected chi connectivity index (χ1v) is 5.73. The van der Waals surface area contributed by atoms with E-state index >= 15 is 0 Å². The highest BCUT2D eigenvalue weighted by molar-refractivity contribution is 6.32. The van der Waals surface area contributed by atoms with Gasteiger partial charge >= 0.3 is 0 Å². The number of ether oxygens (including phenoxy) is 1. The molecule has 0 aliphatic rings. The quantitative estimate of drug-likeness (QED) is 0.834. The largest absolute Gasteiger partial charge is 0.492 e. The topological polar surface area (TPSA) is 41.5 Å². The molecule has 4 heteroatoms. The summed E-state index contributed by atoms with van der Waals surface area (Å²) >= 11 is 6.07. The Kier molecular flexibility index (Phi) is 5.06. The van der Waals surface area contributed by atoms with Crippen molar-refractivity contribution in [3.05, 3.63) is 28.3 Å². The fourth-order valence-electron chi connectivity index (χ4n) is 1.60. The molecule has 0 bridgehead atoms. The molecule has 2 N–H and O–H groups in total. The normalized spacial score (nSPS) is 12.6. The lowest BCUT2D eigenvalue weighted by Crippen LogP contribution is -2.17. The average molecular weight is 244 g/mol. The summed E-state index contributed by atoms with van der Waals surface area (Å²) in [5.74, 6) is 0.669. The Labute approximate surface area is 101 Å². The van der Waals surface area contributed by atoms with Gasteiger partial charge < -0.3 is 15.2 Å². The molecule has 1 aromatic rings. The molecule has 16 heavy (non-hydrogen) atoms. The van der Waals surface area contributed by atoms with E-state index in [-0.39, 0.29) is 0 Å². The number of aliphatic hydroxyl groups excluding tert-OH is 1. The third-order valence-corrected chi connectivity index (χ3v) is 2.67. The van der Waals surface area contributed by atoms with Gasteiger partial charge in [0.05, 0.1) is 17.7 Å². The van der Waals surface area contributed by atoms with Gasteiger partial charge in [-0.3, -0.25) is 0 Å². The van der Waals surface area contributed by atoms with Gasteiger partial charge in [-0.25, -0.2) is 0 Å². The van der Waals surface area contributed by atoms with Gasteiger partial charge in [-0.05, 0) is 44.2 Å². The van der Waals surface area contributed by atoms with Crippen molar-refractivity contribution in [2.75, 3.05) is 20.2 Å². The summed E-state index contributed by atoms with van der Waals surface area (Å²) in [6.45, 7) is 4.94. The van der Waals surface area contributed by atoms with Crippen LogP contribution in [0, 0.1) is 6.92 Å². The summed E-state index contributed by atoms with van der Waals surface area (Å²) in [7, 11) is 1.80. The molecule has 0 spiro atoms. The van der Waals surface area contributed by atoms with Crippen molar-refractivity contribution < 1.29 is 9.84 Å². The number of aryl methyl sites for hydroxylation is 1. The minimum absolute atomic E-state index is 0.505. The Morgan fingerprint density at radius 1 is 1.50 bits per heavy atom. The van der Waals surface area contributed by atoms with Crippen LogP contribution in [0.4, 0.5) is 0 Å². The van der Waals surface area contributed by atoms with Crippen LogP contribution in [0.2, 0.25) is 5.02 Å². The van der Waals surface area contributed by atoms with Gasteiger partial charge in [-0.2, -0.15) is 0 Å². The molecular weight excluding hydrogens is 226 g/mol. The molecule has 0 fully saturated rings. The molecule has 0 aliphatic heterocycles. The number of hydrogen-bond donors (Lipinski definition) is 2. The maximum absolute atomic E-state index is 9.88. The number of halogens is 1. The predicted molar refractivity (Wildman–Crippen MR) is 66.2 cm³/mol. The minimum Gasteiger partial charge on any atom is -0.492 e. The SMILES string of the molecule is CCOc1cc(C)c(C(O)CNC)cc1Cl. The van der Waals surface area contributed by atoms with E-state index in [2.05, 4.69) is 5.32 Å². The first-order chi connectivity index (χ1) is 7.60. The lowest BCUT2D eigenvalue weighted by atomic mass is 10.0. The molecule has 3 nitrogen and oxygen atoms in total. The molecular formula is C12H18ClNO2. The molecule has 1 rings (SSSR count). The highest BCUT2D eigenvalue weighted by Crippen LogP contribution is 2.30. The molecule has 0 radical (unpaired) electrons. The summed E-state index contributed by atoms with van der Waals surface area (Å²) in [6, 6.07) is 3.63. The Balaban J connectivity index is 3.00. The van der Waals surface area contributed by atoms with E-state index < -0.39 is 6.10 Å². The van der Waals surface area contributed by atoms with Crippen LogP contribution >= 0.6 is 11.6 Å². The molecule has 0 amide bonds. The monoisotopic (exact) mass is 243 g/mol. The number of hydrogen-bond acceptors (Lipinski definition) is 3. The van der Waals surface area contributed by atoms with Gasteiger partial charge in [0, 0.05) is 6.54 Å². The Bertz CT molecular complexity index is 355. The second-order valence-electron chi connectivity index (χ2n) is 3.65. The van der Waals surface area contributed by atoms with Gasteiger partial charge in [0.25, 0.3) is 0 Å². The minimum atomic E-state index is -0.543. The van der Waals surface area contributed by atoms with Crippen LogP contribution in [0.3, 0.4) is 0 Å². The van der Waals surface area contributed by atoms with Crippen molar-refractivity contribution in [1.29, 1.82) is 0 Å². The standard InChI is InChI=1S/C12H18ClNO2/c1-4-16-12-5-8(2)9(6-10(12)13)11(15)7-14-3/h5-6,11,14-15H,4,7H2,1-3H3. The van der Waals surface area contributed by atoms with Crippen molar-refractivity contribution in [3.63, 3.8) is 0 Å². The van der Waals surface area contributed by atoms with Crippen LogP contribution in [0.25, 0.3) is 0 Å². The first-order valence-electron chi connectivity index (χ1n) is 5.35. The summed E-state index contributed by atoms with van der Waals surface area (Å²) in [5, 5.41) is 13.4. The fraction of sp³-hybridized carbons (Fsp3) is 0.500. The average Bonchev–Trinajstić information content (AvgIpc) is 2.23. The molecule has 0 aromatic heterocycles. The van der Waals surface area contributed by atoms with Crippen LogP contribution in [-0.4, -0.2) is 25.3 Å². The van der Waals surface area contributed by atoms with Crippen molar-refractivity contribution >= 4 is 11.6 Å². The second-order valence-corrected chi connectivity index (χ2v) is 4.05. The van der Waals surface area contributed by atoms with Gasteiger partial charge in [0.1, 0.15) is 5.75 Å². The summed E-state index contributed by atoms with van der Waals surface area (Å²) in [5.41, 5.74) is 1.82. The molecule has 0 saturated carbocycles. The van der Waals surface area contributed by atoms with Crippen LogP contribution < -0.4 is 10.1 Å². The third kappa shape index (κ3) is 3.11. The molecule has 0 saturated heterocycles. The van der Waals surface area contributed by atoms with Crippen LogP contribution in [0.15, 0.2) is 12.1 Å². The van der Waals surface area contributed by atoms with Gasteiger partial charge in [-0.15, -0.1) is 0 Å². The van der Waals surface area contributed by atoms with Crippen molar-refractivity contribution in [2.24, 2.45) is 0 Å². The molecule has 90 valence electrons. The molecule has 1 atom stereocenters. The van der Waals surface area contributed by atoms with Gasteiger partial charge in [-0.1, -0.05) is 11.6 Å². The summed E-state index contributed by atoms with van der Waals surface area (Å²) < 4.78 is 5.38. The third-order valence-electron chi connectivity index (χ3n) is 2.38. The Morgan fingerprint density at radius 2 is 2.19 bits per heavy atom. The fourth-order valence-corrected chi connectivity index (χ4v) is 1.83. The maximum atomic E-state index is 9.88. The molecule has 0 heterocycles. The van der Waals surface area contributed by atoms with Crippen LogP contribution in [-0.2, 0) is 0 Å². The van der Waals surface area contributed by atoms with Crippen molar-refractivity contribution in [3.8, 4) is 5.75 Å². The molecule has 1 unspecified atom stereocenters. The van der Waals surface area contributed by atoms with Gasteiger partial charge in [0.2, 0.25) is 0 Å². The molecule has 0 aliphatic carbocycles. The lowest BCUT2D eigenvalue weighted by molar-refractivity contribution is 0.177. The highest BCUT2D eigenvalue weighted by atomic mass is 35.5. The second kappa shape index (κ2) is 6.09. The van der Waals surface area contributed by atoms with Crippen molar-refractivity contribution in [1.82, 2.24) is 5.32 Å². The Morgan fingerprint density at radius 3 is 2.75 bits per heavy atom.